The molecule has 0 aromatic heterocycles. The highest BCUT2D eigenvalue weighted by Gasteiger charge is 2.14. The van der Waals surface area contributed by atoms with E-state index in [2.05, 4.69) is 0 Å². The van der Waals surface area contributed by atoms with Crippen molar-refractivity contribution in [2.75, 3.05) is 6.26 Å². The van der Waals surface area contributed by atoms with Gasteiger partial charge in [0.2, 0.25) is 5.12 Å². The van der Waals surface area contributed by atoms with E-state index in [0.717, 1.165) is 11.8 Å². The molecule has 0 fully saturated rings. The Labute approximate surface area is 62.8 Å². The summed E-state index contributed by atoms with van der Waals surface area (Å²) in [5.74, 6) is -1.05. The average molecular weight is 163 g/mol. The molecule has 0 rings (SSSR count). The smallest absolute Gasteiger partial charge is 0.305 e. The molecule has 0 bridgehead atoms. The zero-order chi connectivity index (χ0) is 8.15. The molecule has 0 saturated carbocycles. The summed E-state index contributed by atoms with van der Waals surface area (Å²) < 4.78 is 0. The van der Waals surface area contributed by atoms with Gasteiger partial charge >= 0.3 is 5.97 Å². The first-order valence-electron chi connectivity index (χ1n) is 2.63. The number of carboxylic acids is 1. The second-order valence-corrected chi connectivity index (χ2v) is 2.54. The standard InChI is InChI=1S/C5H9NO3S/c1-10-5(9)3(6)2-4(7)8/h3H,2,6H2,1H3,(H,7,8)/t3-/m1/s1. The van der Waals surface area contributed by atoms with Gasteiger partial charge in [-0.05, 0) is 6.26 Å². The number of carboxylic acid groups (broad SMARTS) is 1. The van der Waals surface area contributed by atoms with Crippen molar-refractivity contribution >= 4 is 22.8 Å². The van der Waals surface area contributed by atoms with E-state index in [1.165, 1.54) is 0 Å². The number of hydrogen-bond acceptors (Lipinski definition) is 4. The topological polar surface area (TPSA) is 80.4 Å². The van der Waals surface area contributed by atoms with Crippen molar-refractivity contribution in [3.05, 3.63) is 0 Å². The van der Waals surface area contributed by atoms with E-state index in [1.54, 1.807) is 6.26 Å². The summed E-state index contributed by atoms with van der Waals surface area (Å²) in [7, 11) is 0. The van der Waals surface area contributed by atoms with Gasteiger partial charge in [-0.15, -0.1) is 0 Å². The summed E-state index contributed by atoms with van der Waals surface area (Å²) in [4.78, 5) is 20.6. The number of rotatable bonds is 3. The van der Waals surface area contributed by atoms with Crippen molar-refractivity contribution in [3.8, 4) is 0 Å². The van der Waals surface area contributed by atoms with Crippen molar-refractivity contribution in [3.63, 3.8) is 0 Å². The maximum Gasteiger partial charge on any atom is 0.305 e. The molecule has 0 unspecified atom stereocenters. The lowest BCUT2D eigenvalue weighted by molar-refractivity contribution is -0.138. The summed E-state index contributed by atoms with van der Waals surface area (Å²) in [6.07, 6.45) is 1.28. The molecule has 5 heteroatoms. The van der Waals surface area contributed by atoms with Gasteiger partial charge in [-0.3, -0.25) is 9.59 Å². The Morgan fingerprint density at radius 2 is 2.20 bits per heavy atom. The van der Waals surface area contributed by atoms with E-state index < -0.39 is 12.0 Å². The molecule has 10 heavy (non-hydrogen) atoms. The van der Waals surface area contributed by atoms with Gasteiger partial charge in [0.15, 0.2) is 0 Å². The third-order valence-electron chi connectivity index (χ3n) is 0.898. The Kier molecular flexibility index (Phi) is 4.06. The lowest BCUT2D eigenvalue weighted by Gasteiger charge is -2.02. The van der Waals surface area contributed by atoms with Crippen molar-refractivity contribution in [1.29, 1.82) is 0 Å². The molecular formula is C5H9NO3S. The Balaban J connectivity index is 3.72. The minimum absolute atomic E-state index is 0.289. The summed E-state index contributed by atoms with van der Waals surface area (Å²) in [6.45, 7) is 0. The molecule has 3 N–H and O–H groups in total. The van der Waals surface area contributed by atoms with Crippen molar-refractivity contribution in [2.24, 2.45) is 5.73 Å². The fourth-order valence-electron chi connectivity index (χ4n) is 0.423. The highest BCUT2D eigenvalue weighted by molar-refractivity contribution is 8.13. The van der Waals surface area contributed by atoms with Crippen LogP contribution in [0.3, 0.4) is 0 Å². The third-order valence-corrected chi connectivity index (χ3v) is 1.60. The monoisotopic (exact) mass is 163 g/mol. The number of carbonyl (C=O) groups excluding carboxylic acids is 1. The minimum atomic E-state index is -1.05. The largest absolute Gasteiger partial charge is 0.481 e. The van der Waals surface area contributed by atoms with Crippen LogP contribution in [0.2, 0.25) is 0 Å². The van der Waals surface area contributed by atoms with E-state index in [-0.39, 0.29) is 11.5 Å². The van der Waals surface area contributed by atoms with Crippen LogP contribution in [0.25, 0.3) is 0 Å². The molecule has 0 aromatic rings. The first-order valence-corrected chi connectivity index (χ1v) is 3.85. The highest BCUT2D eigenvalue weighted by atomic mass is 32.2. The van der Waals surface area contributed by atoms with Gasteiger partial charge < -0.3 is 10.8 Å². The van der Waals surface area contributed by atoms with Crippen LogP contribution in [-0.2, 0) is 9.59 Å². The maximum atomic E-state index is 10.6. The predicted octanol–water partition coefficient (Wildman–Crippen LogP) is -0.322. The number of aliphatic carboxylic acids is 1. The van der Waals surface area contributed by atoms with Gasteiger partial charge in [-0.1, -0.05) is 11.8 Å². The molecule has 0 aliphatic heterocycles. The van der Waals surface area contributed by atoms with Crippen LogP contribution in [0.5, 0.6) is 0 Å². The van der Waals surface area contributed by atoms with Gasteiger partial charge in [0, 0.05) is 0 Å². The lowest BCUT2D eigenvalue weighted by atomic mass is 10.2. The van der Waals surface area contributed by atoms with Crippen LogP contribution in [0.1, 0.15) is 6.42 Å². The summed E-state index contributed by atoms with van der Waals surface area (Å²) in [5, 5.41) is 7.90. The maximum absolute atomic E-state index is 10.6. The molecule has 58 valence electrons. The molecule has 0 saturated heterocycles. The van der Waals surface area contributed by atoms with E-state index in [4.69, 9.17) is 10.8 Å². The number of carbonyl (C=O) groups is 2. The van der Waals surface area contributed by atoms with Crippen LogP contribution >= 0.6 is 11.8 Å². The van der Waals surface area contributed by atoms with E-state index >= 15 is 0 Å². The third kappa shape index (κ3) is 3.47. The van der Waals surface area contributed by atoms with Crippen molar-refractivity contribution in [1.82, 2.24) is 0 Å². The Morgan fingerprint density at radius 1 is 1.70 bits per heavy atom. The second-order valence-electron chi connectivity index (χ2n) is 1.73. The molecule has 1 atom stereocenters. The van der Waals surface area contributed by atoms with Crippen LogP contribution in [-0.4, -0.2) is 28.5 Å². The first-order chi connectivity index (χ1) is 4.57. The zero-order valence-corrected chi connectivity index (χ0v) is 6.35. The van der Waals surface area contributed by atoms with Crippen LogP contribution in [0, 0.1) is 0 Å². The molecule has 0 amide bonds. The van der Waals surface area contributed by atoms with Crippen LogP contribution < -0.4 is 5.73 Å². The predicted molar refractivity (Wildman–Crippen MR) is 38.8 cm³/mol. The molecule has 4 nitrogen and oxygen atoms in total. The fourth-order valence-corrected chi connectivity index (χ4v) is 0.809. The minimum Gasteiger partial charge on any atom is -0.481 e. The first kappa shape index (κ1) is 9.45. The van der Waals surface area contributed by atoms with Crippen molar-refractivity contribution in [2.45, 2.75) is 12.5 Å². The van der Waals surface area contributed by atoms with Gasteiger partial charge in [-0.25, -0.2) is 0 Å². The van der Waals surface area contributed by atoms with E-state index in [0.29, 0.717) is 0 Å². The fraction of sp³-hybridized carbons (Fsp3) is 0.600. The average Bonchev–Trinajstić information content (AvgIpc) is 1.85. The molecule has 0 aromatic carbocycles. The number of hydrogen-bond donors (Lipinski definition) is 2. The lowest BCUT2D eigenvalue weighted by Crippen LogP contribution is -2.30. The highest BCUT2D eigenvalue weighted by Crippen LogP contribution is 2.01. The zero-order valence-electron chi connectivity index (χ0n) is 5.53. The summed E-state index contributed by atoms with van der Waals surface area (Å²) >= 11 is 0.948. The Morgan fingerprint density at radius 3 is 2.50 bits per heavy atom. The summed E-state index contributed by atoms with van der Waals surface area (Å²) in [5.41, 5.74) is 5.18. The van der Waals surface area contributed by atoms with Gasteiger partial charge in [0.05, 0.1) is 12.5 Å². The van der Waals surface area contributed by atoms with Crippen LogP contribution in [0.15, 0.2) is 0 Å². The normalized spacial score (nSPS) is 12.6. The van der Waals surface area contributed by atoms with E-state index in [9.17, 15) is 9.59 Å². The van der Waals surface area contributed by atoms with Crippen LogP contribution in [0.4, 0.5) is 0 Å². The second kappa shape index (κ2) is 4.29. The van der Waals surface area contributed by atoms with Gasteiger partial charge in [0.1, 0.15) is 0 Å². The molecule has 0 aliphatic rings. The quantitative estimate of drug-likeness (QED) is 0.596. The Bertz CT molecular complexity index is 148. The molecular weight excluding hydrogens is 154 g/mol. The SMILES string of the molecule is CSC(=O)[C@H](N)CC(=O)O. The molecule has 0 heterocycles. The molecule has 0 spiro atoms. The molecule has 0 aliphatic carbocycles. The summed E-state index contributed by atoms with van der Waals surface area (Å²) in [6, 6.07) is -0.868. The molecule has 0 radical (unpaired) electrons. The van der Waals surface area contributed by atoms with E-state index in [1.807, 2.05) is 0 Å². The van der Waals surface area contributed by atoms with Gasteiger partial charge in [-0.2, -0.15) is 0 Å². The number of nitrogens with two attached hydrogens (primary N) is 1. The number of thioether (sulfide) groups is 1. The van der Waals surface area contributed by atoms with Crippen molar-refractivity contribution < 1.29 is 14.7 Å². The van der Waals surface area contributed by atoms with Gasteiger partial charge in [0.25, 0.3) is 0 Å². The Hall–Kier alpha value is -0.550.